The molecule has 5 heteroatoms. The van der Waals surface area contributed by atoms with Gasteiger partial charge in [-0.1, -0.05) is 0 Å². The molecule has 2 aliphatic rings. The van der Waals surface area contributed by atoms with Crippen molar-refractivity contribution in [2.24, 2.45) is 0 Å². The molecule has 0 radical (unpaired) electrons. The van der Waals surface area contributed by atoms with Crippen LogP contribution in [0.1, 0.15) is 0 Å². The van der Waals surface area contributed by atoms with Gasteiger partial charge >= 0.3 is 185 Å². The molecule has 0 saturated carbocycles. The van der Waals surface area contributed by atoms with Crippen molar-refractivity contribution in [2.45, 2.75) is 0 Å². The Bertz CT molecular complexity index is 1400. The molecular weight excluding hydrogens is 746 g/mol. The molecule has 0 unspecified atom stereocenters. The third kappa shape index (κ3) is 2.65. The third-order valence-electron chi connectivity index (χ3n) is 4.05. The summed E-state index contributed by atoms with van der Waals surface area (Å²) in [6, 6.07) is 13.7. The molecule has 0 spiro atoms. The molecule has 0 N–H and O–H groups in total. The molecule has 4 rings (SSSR count). The van der Waals surface area contributed by atoms with Crippen molar-refractivity contribution >= 4 is 109 Å². The van der Waals surface area contributed by atoms with Crippen LogP contribution in [0.15, 0.2) is 42.5 Å². The minimum atomic E-state index is -0.168. The van der Waals surface area contributed by atoms with Gasteiger partial charge in [-0.15, -0.1) is 0 Å². The number of benzene rings is 2. The molecule has 0 aliphatic heterocycles. The first-order valence-corrected chi connectivity index (χ1v) is 11.5. The molecule has 23 heavy (non-hydrogen) atoms. The maximum absolute atomic E-state index is 13.8. The molecule has 0 aromatic heterocycles. The van der Waals surface area contributed by atoms with E-state index in [1.54, 1.807) is 12.1 Å². The van der Waals surface area contributed by atoms with Gasteiger partial charge in [0.05, 0.1) is 0 Å². The second-order valence-corrected chi connectivity index (χ2v) is 9.96. The fourth-order valence-corrected chi connectivity index (χ4v) is 8.57. The fourth-order valence-electron chi connectivity index (χ4n) is 2.98. The molecule has 0 heterocycles. The van der Waals surface area contributed by atoms with Crippen molar-refractivity contribution < 1.29 is 4.39 Å². The molecule has 2 aliphatic carbocycles. The van der Waals surface area contributed by atoms with Crippen LogP contribution in [0.25, 0.3) is 21.5 Å². The van der Waals surface area contributed by atoms with Crippen LogP contribution in [-0.4, -0.2) is 87.3 Å². The minimum absolute atomic E-state index is 0.168. The van der Waals surface area contributed by atoms with Gasteiger partial charge in [0.25, 0.3) is 0 Å². The van der Waals surface area contributed by atoms with Crippen LogP contribution in [0.2, 0.25) is 0 Å². The number of rotatable bonds is 0. The molecule has 0 nitrogen and oxygen atoms in total. The Morgan fingerprint density at radius 1 is 0.565 bits per heavy atom. The molecule has 110 valence electrons. The van der Waals surface area contributed by atoms with E-state index in [9.17, 15) is 4.39 Å². The average Bonchev–Trinajstić information content (AvgIpc) is 2.56. The van der Waals surface area contributed by atoms with Crippen LogP contribution < -0.4 is 0 Å². The predicted octanol–water partition coefficient (Wildman–Crippen LogP) is 2.53. The first kappa shape index (κ1) is 17.2. The monoisotopic (exact) mass is 762 g/mol. The summed E-state index contributed by atoms with van der Waals surface area (Å²) in [6.07, 6.45) is 0. The van der Waals surface area contributed by atoms with Gasteiger partial charge < -0.3 is 0 Å². The van der Waals surface area contributed by atoms with Crippen LogP contribution in [0.3, 0.4) is 0 Å². The first-order chi connectivity index (χ1) is 11.0. The summed E-state index contributed by atoms with van der Waals surface area (Å²) in [4.78, 5) is 0. The predicted molar refractivity (Wildman–Crippen MR) is 95.1 cm³/mol. The van der Waals surface area contributed by atoms with E-state index in [-0.39, 0.29) is 5.82 Å². The topological polar surface area (TPSA) is 0 Å². The quantitative estimate of drug-likeness (QED) is 0.243. The number of fused-ring (bicyclic) bond motifs is 2. The molecule has 0 fully saturated rings. The van der Waals surface area contributed by atoms with Gasteiger partial charge in [-0.3, -0.25) is 0 Å². The average molecular weight is 753 g/mol. The van der Waals surface area contributed by atoms with Crippen LogP contribution in [-0.2, 0) is 0 Å². The second-order valence-electron chi connectivity index (χ2n) is 5.30. The molecule has 0 saturated heterocycles. The van der Waals surface area contributed by atoms with Crippen LogP contribution in [0.5, 0.6) is 0 Å². The Morgan fingerprint density at radius 2 is 1.00 bits per heavy atom. The van der Waals surface area contributed by atoms with Crippen molar-refractivity contribution in [1.82, 2.24) is 0 Å². The van der Waals surface area contributed by atoms with Gasteiger partial charge in [0.1, 0.15) is 0 Å². The van der Waals surface area contributed by atoms with E-state index in [2.05, 4.69) is 89.7 Å². The van der Waals surface area contributed by atoms with Crippen LogP contribution >= 0.6 is 0 Å². The fraction of sp³-hybridized carbons (Fsp3) is 0. The van der Waals surface area contributed by atoms with Crippen LogP contribution in [0.4, 0.5) is 4.39 Å². The van der Waals surface area contributed by atoms with Crippen molar-refractivity contribution in [3.05, 3.63) is 71.5 Å². The summed E-state index contributed by atoms with van der Waals surface area (Å²) < 4.78 is 18.9. The summed E-state index contributed by atoms with van der Waals surface area (Å²) in [5, 5.41) is 7.42. The Hall–Kier alpha value is 0.748. The van der Waals surface area contributed by atoms with E-state index < -0.39 is 0 Å². The van der Waals surface area contributed by atoms with E-state index >= 15 is 0 Å². The summed E-state index contributed by atoms with van der Waals surface area (Å²) in [5.74, 6) is -0.168. The van der Waals surface area contributed by atoms with Gasteiger partial charge in [-0.25, -0.2) is 0 Å². The van der Waals surface area contributed by atoms with Gasteiger partial charge in [-0.2, -0.15) is 0 Å². The van der Waals surface area contributed by atoms with Crippen molar-refractivity contribution in [3.63, 3.8) is 0 Å². The molecule has 2 aromatic rings. The number of halogens is 1. The Kier molecular flexibility index (Phi) is 4.84. The second kappa shape index (κ2) is 6.48. The maximum atomic E-state index is 13.8. The third-order valence-corrected chi connectivity index (χ3v) is 8.89. The Labute approximate surface area is 182 Å². The van der Waals surface area contributed by atoms with Crippen molar-refractivity contribution in [3.8, 4) is 0 Å². The van der Waals surface area contributed by atoms with E-state index in [0.29, 0.717) is 0 Å². The first-order valence-electron chi connectivity index (χ1n) is 6.82. The van der Waals surface area contributed by atoms with Crippen LogP contribution in [0, 0.1) is 29.0 Å². The van der Waals surface area contributed by atoms with Crippen molar-refractivity contribution in [1.29, 1.82) is 0 Å². The van der Waals surface area contributed by atoms with Crippen molar-refractivity contribution in [2.75, 3.05) is 0 Å². The van der Waals surface area contributed by atoms with Gasteiger partial charge in [-0.05, 0) is 0 Å². The zero-order valence-corrected chi connectivity index (χ0v) is 20.9. The van der Waals surface area contributed by atoms with E-state index in [4.69, 9.17) is 0 Å². The summed E-state index contributed by atoms with van der Waals surface area (Å²) >= 11 is 8.32. The SMILES string of the molecule is Fc1ccc2c(=[Te])c3c(=[Te])c4ccccc4c(=[Te])c=3c(=[Te])c2c1. The molecule has 2 aromatic carbocycles. The normalized spacial score (nSPS) is 11.5. The number of hydrogen-bond donors (Lipinski definition) is 0. The molecule has 0 bridgehead atoms. The summed E-state index contributed by atoms with van der Waals surface area (Å²) in [7, 11) is 0. The van der Waals surface area contributed by atoms with E-state index in [0.717, 1.165) is 10.8 Å². The van der Waals surface area contributed by atoms with E-state index in [1.807, 2.05) is 27.9 Å². The Balaban J connectivity index is 2.59. The number of hydrogen-bond acceptors (Lipinski definition) is 0. The standard InChI is InChI=1S/C18H7FTe4/c19-8-5-6-11-12(7-8)18(23)14-13(17(11)22)15(20)9-3-1-2-4-10(9)16(14)21/h1-7H. The van der Waals surface area contributed by atoms with Gasteiger partial charge in [0, 0.05) is 0 Å². The molecule has 0 atom stereocenters. The summed E-state index contributed by atoms with van der Waals surface area (Å²) in [5.41, 5.74) is 0. The summed E-state index contributed by atoms with van der Waals surface area (Å²) in [6.45, 7) is 0. The molecule has 0 amide bonds. The molecular formula is C18H7FTe4. The van der Waals surface area contributed by atoms with E-state index in [1.165, 1.54) is 34.0 Å². The van der Waals surface area contributed by atoms with Gasteiger partial charge in [0.2, 0.25) is 0 Å². The zero-order chi connectivity index (χ0) is 16.3. The zero-order valence-electron chi connectivity index (χ0n) is 11.6. The van der Waals surface area contributed by atoms with Gasteiger partial charge in [0.15, 0.2) is 0 Å². The Morgan fingerprint density at radius 3 is 1.52 bits per heavy atom.